The molecule has 0 unspecified atom stereocenters. The van der Waals surface area contributed by atoms with Gasteiger partial charge in [-0.1, -0.05) is 18.2 Å². The van der Waals surface area contributed by atoms with Crippen molar-refractivity contribution in [1.29, 1.82) is 5.41 Å². The Balaban J connectivity index is 2.40. The number of para-hydroxylation sites is 1. The predicted octanol–water partition coefficient (Wildman–Crippen LogP) is 0.810. The van der Waals surface area contributed by atoms with E-state index >= 15 is 0 Å². The predicted molar refractivity (Wildman–Crippen MR) is 63.5 cm³/mol. The second-order valence-electron chi connectivity index (χ2n) is 3.59. The lowest BCUT2D eigenvalue weighted by Crippen LogP contribution is -2.23. The first kappa shape index (κ1) is 9.59. The molecule has 0 saturated carbocycles. The summed E-state index contributed by atoms with van der Waals surface area (Å²) in [5, 5.41) is 8.11. The maximum atomic E-state index is 8.11. The van der Waals surface area contributed by atoms with E-state index in [0.717, 1.165) is 5.69 Å². The fraction of sp³-hybridized carbons (Fsp3) is 0. The van der Waals surface area contributed by atoms with Crippen LogP contribution in [-0.2, 0) is 0 Å². The maximum Gasteiger partial charge on any atom is 0.208 e. The van der Waals surface area contributed by atoms with E-state index in [-0.39, 0.29) is 11.4 Å². The highest BCUT2D eigenvalue weighted by atomic mass is 15.2. The molecule has 3 aromatic rings. The van der Waals surface area contributed by atoms with Crippen molar-refractivity contribution in [3.63, 3.8) is 0 Å². The minimum atomic E-state index is 0.246. The molecule has 0 spiro atoms. The molecule has 17 heavy (non-hydrogen) atoms. The molecule has 0 saturated heterocycles. The van der Waals surface area contributed by atoms with E-state index in [2.05, 4.69) is 15.0 Å². The molecule has 0 atom stereocenters. The van der Waals surface area contributed by atoms with Gasteiger partial charge in [0, 0.05) is 0 Å². The number of rotatable bonds is 1. The smallest absolute Gasteiger partial charge is 0.208 e. The summed E-state index contributed by atoms with van der Waals surface area (Å²) in [6.45, 7) is 0. The number of imidazole rings is 1. The molecule has 2 aromatic heterocycles. The largest absolute Gasteiger partial charge is 0.369 e. The zero-order valence-corrected chi connectivity index (χ0v) is 8.88. The van der Waals surface area contributed by atoms with Crippen LogP contribution >= 0.6 is 0 Å². The number of benzene rings is 1. The summed E-state index contributed by atoms with van der Waals surface area (Å²) in [5.74, 6) is 0.251. The van der Waals surface area contributed by atoms with Gasteiger partial charge in [0.05, 0.1) is 12.0 Å². The lowest BCUT2D eigenvalue weighted by atomic mass is 10.3. The number of H-pyrrole nitrogens is 1. The van der Waals surface area contributed by atoms with Gasteiger partial charge in [-0.2, -0.15) is 4.98 Å². The van der Waals surface area contributed by atoms with Gasteiger partial charge in [0.25, 0.3) is 0 Å². The van der Waals surface area contributed by atoms with Crippen molar-refractivity contribution in [2.45, 2.75) is 0 Å². The molecule has 0 aliphatic heterocycles. The highest BCUT2D eigenvalue weighted by Gasteiger charge is 2.08. The van der Waals surface area contributed by atoms with E-state index in [1.165, 1.54) is 6.33 Å². The van der Waals surface area contributed by atoms with E-state index < -0.39 is 0 Å². The third-order valence-corrected chi connectivity index (χ3v) is 2.54. The highest BCUT2D eigenvalue weighted by molar-refractivity contribution is 5.70. The number of hydrogen-bond donors (Lipinski definition) is 3. The molecule has 0 radical (unpaired) electrons. The molecule has 0 aliphatic rings. The molecule has 0 fully saturated rings. The Kier molecular flexibility index (Phi) is 1.94. The second kappa shape index (κ2) is 3.44. The Morgan fingerprint density at radius 1 is 1.24 bits per heavy atom. The Morgan fingerprint density at radius 2 is 2.00 bits per heavy atom. The van der Waals surface area contributed by atoms with Gasteiger partial charge in [-0.3, -0.25) is 9.98 Å². The van der Waals surface area contributed by atoms with E-state index in [0.29, 0.717) is 11.2 Å². The molecule has 2 heterocycles. The van der Waals surface area contributed by atoms with Gasteiger partial charge in [-0.25, -0.2) is 4.98 Å². The molecule has 6 nitrogen and oxygen atoms in total. The van der Waals surface area contributed by atoms with Crippen LogP contribution < -0.4 is 11.2 Å². The number of nitrogens with one attached hydrogen (secondary N) is 2. The molecule has 6 heteroatoms. The zero-order valence-electron chi connectivity index (χ0n) is 8.88. The molecule has 1 aromatic carbocycles. The summed E-state index contributed by atoms with van der Waals surface area (Å²) in [4.78, 5) is 11.0. The van der Waals surface area contributed by atoms with E-state index in [1.807, 2.05) is 30.3 Å². The molecular formula is C11H10N6. The van der Waals surface area contributed by atoms with Crippen molar-refractivity contribution < 1.29 is 0 Å². The number of nitrogens with zero attached hydrogens (tertiary/aromatic N) is 3. The maximum absolute atomic E-state index is 8.11. The number of anilines is 1. The SMILES string of the molecule is N=c1c2[nH]cnc2nc(N)n1-c1ccccc1. The van der Waals surface area contributed by atoms with Crippen molar-refractivity contribution in [2.24, 2.45) is 0 Å². The van der Waals surface area contributed by atoms with Gasteiger partial charge in [0.1, 0.15) is 5.52 Å². The second-order valence-corrected chi connectivity index (χ2v) is 3.59. The lowest BCUT2D eigenvalue weighted by Gasteiger charge is -2.09. The van der Waals surface area contributed by atoms with Crippen LogP contribution in [-0.4, -0.2) is 19.5 Å². The van der Waals surface area contributed by atoms with Crippen LogP contribution in [0.4, 0.5) is 5.95 Å². The highest BCUT2D eigenvalue weighted by Crippen LogP contribution is 2.10. The van der Waals surface area contributed by atoms with Crippen molar-refractivity contribution in [3.05, 3.63) is 42.1 Å². The molecule has 84 valence electrons. The van der Waals surface area contributed by atoms with E-state index in [4.69, 9.17) is 11.1 Å². The van der Waals surface area contributed by atoms with Gasteiger partial charge in [0.2, 0.25) is 5.95 Å². The van der Waals surface area contributed by atoms with Crippen LogP contribution in [0, 0.1) is 5.41 Å². The fourth-order valence-electron chi connectivity index (χ4n) is 1.77. The van der Waals surface area contributed by atoms with Gasteiger partial charge >= 0.3 is 0 Å². The first-order valence-corrected chi connectivity index (χ1v) is 5.09. The fourth-order valence-corrected chi connectivity index (χ4v) is 1.77. The van der Waals surface area contributed by atoms with Crippen LogP contribution in [0.2, 0.25) is 0 Å². The average Bonchev–Trinajstić information content (AvgIpc) is 2.78. The van der Waals surface area contributed by atoms with Crippen LogP contribution in [0.15, 0.2) is 36.7 Å². The number of hydrogen-bond acceptors (Lipinski definition) is 4. The first-order valence-electron chi connectivity index (χ1n) is 5.09. The molecule has 4 N–H and O–H groups in total. The zero-order chi connectivity index (χ0) is 11.8. The Bertz CT molecular complexity index is 725. The van der Waals surface area contributed by atoms with Crippen LogP contribution in [0.3, 0.4) is 0 Å². The third-order valence-electron chi connectivity index (χ3n) is 2.54. The van der Waals surface area contributed by atoms with Crippen molar-refractivity contribution in [1.82, 2.24) is 19.5 Å². The van der Waals surface area contributed by atoms with Crippen molar-refractivity contribution >= 4 is 17.1 Å². The van der Waals surface area contributed by atoms with E-state index in [1.54, 1.807) is 4.57 Å². The molecule has 0 bridgehead atoms. The molecule has 0 aliphatic carbocycles. The van der Waals surface area contributed by atoms with Crippen molar-refractivity contribution in [2.75, 3.05) is 5.73 Å². The average molecular weight is 226 g/mol. The van der Waals surface area contributed by atoms with Crippen LogP contribution in [0.1, 0.15) is 0 Å². The monoisotopic (exact) mass is 226 g/mol. The summed E-state index contributed by atoms with van der Waals surface area (Å²) < 4.78 is 1.57. The first-order chi connectivity index (χ1) is 8.27. The Morgan fingerprint density at radius 3 is 2.76 bits per heavy atom. The van der Waals surface area contributed by atoms with Crippen LogP contribution in [0.5, 0.6) is 0 Å². The van der Waals surface area contributed by atoms with Crippen LogP contribution in [0.25, 0.3) is 16.9 Å². The third kappa shape index (κ3) is 1.38. The Labute approximate surface area is 96.3 Å². The van der Waals surface area contributed by atoms with Gasteiger partial charge < -0.3 is 10.7 Å². The molecule has 3 rings (SSSR count). The normalized spacial score (nSPS) is 10.8. The van der Waals surface area contributed by atoms with Gasteiger partial charge in [-0.05, 0) is 12.1 Å². The van der Waals surface area contributed by atoms with Gasteiger partial charge in [0.15, 0.2) is 11.1 Å². The minimum absolute atomic E-state index is 0.246. The standard InChI is InChI=1S/C11H10N6/c12-9-8-10(15-6-14-8)16-11(13)17(9)7-4-2-1-3-5-7/h1-6,12H,(H2,13,16)(H,14,15). The minimum Gasteiger partial charge on any atom is -0.369 e. The summed E-state index contributed by atoms with van der Waals surface area (Å²) in [5.41, 5.74) is 7.94. The number of nitrogens with two attached hydrogens (primary N) is 1. The number of aromatic amines is 1. The summed E-state index contributed by atoms with van der Waals surface area (Å²) >= 11 is 0. The molecular weight excluding hydrogens is 216 g/mol. The van der Waals surface area contributed by atoms with E-state index in [9.17, 15) is 0 Å². The number of fused-ring (bicyclic) bond motifs is 1. The summed E-state index contributed by atoms with van der Waals surface area (Å²) in [7, 11) is 0. The van der Waals surface area contributed by atoms with Crippen molar-refractivity contribution in [3.8, 4) is 5.69 Å². The molecule has 0 amide bonds. The Hall–Kier alpha value is -2.63. The van der Waals surface area contributed by atoms with Gasteiger partial charge in [-0.15, -0.1) is 0 Å². The number of nitrogen functional groups attached to an aromatic ring is 1. The topological polar surface area (TPSA) is 96.4 Å². The number of aromatic nitrogens is 4. The quantitative estimate of drug-likeness (QED) is 0.572. The summed E-state index contributed by atoms with van der Waals surface area (Å²) in [6.07, 6.45) is 1.50. The summed E-state index contributed by atoms with van der Waals surface area (Å²) in [6, 6.07) is 9.43. The lowest BCUT2D eigenvalue weighted by molar-refractivity contribution is 0.921.